The largest absolute Gasteiger partial charge is 0.489 e. The van der Waals surface area contributed by atoms with Crippen molar-refractivity contribution in [2.75, 3.05) is 66.1 Å². The lowest BCUT2D eigenvalue weighted by atomic mass is 9.88. The van der Waals surface area contributed by atoms with Crippen molar-refractivity contribution in [3.8, 4) is 17.4 Å². The first-order valence-electron chi connectivity index (χ1n) is 13.0. The van der Waals surface area contributed by atoms with E-state index in [2.05, 4.69) is 28.6 Å². The van der Waals surface area contributed by atoms with E-state index in [0.717, 1.165) is 70.0 Å². The zero-order valence-electron chi connectivity index (χ0n) is 21.9. The van der Waals surface area contributed by atoms with Crippen LogP contribution in [-0.4, -0.2) is 91.7 Å². The molecule has 0 saturated carbocycles. The predicted molar refractivity (Wildman–Crippen MR) is 139 cm³/mol. The number of amides is 1. The number of piperazine rings is 1. The minimum Gasteiger partial charge on any atom is -0.489 e. The third-order valence-corrected chi connectivity index (χ3v) is 6.94. The van der Waals surface area contributed by atoms with Gasteiger partial charge in [0.05, 0.1) is 19.8 Å². The molecule has 2 aliphatic rings. The van der Waals surface area contributed by atoms with Gasteiger partial charge in [-0.25, -0.2) is 4.98 Å². The van der Waals surface area contributed by atoms with E-state index >= 15 is 0 Å². The van der Waals surface area contributed by atoms with Crippen LogP contribution in [0.2, 0.25) is 0 Å². The Morgan fingerprint density at radius 3 is 2.58 bits per heavy atom. The van der Waals surface area contributed by atoms with Crippen molar-refractivity contribution in [2.45, 2.75) is 33.2 Å². The number of para-hydroxylation sites is 2. The number of nitrogens with zero attached hydrogens (tertiary/aromatic N) is 4. The van der Waals surface area contributed by atoms with Crippen molar-refractivity contribution in [2.24, 2.45) is 5.41 Å². The fourth-order valence-electron chi connectivity index (χ4n) is 4.71. The molecule has 196 valence electrons. The van der Waals surface area contributed by atoms with Gasteiger partial charge in [0.1, 0.15) is 0 Å². The Hall–Kier alpha value is -2.68. The Balaban J connectivity index is 1.49. The van der Waals surface area contributed by atoms with Crippen molar-refractivity contribution in [1.82, 2.24) is 19.7 Å². The van der Waals surface area contributed by atoms with Gasteiger partial charge in [0, 0.05) is 58.1 Å². The van der Waals surface area contributed by atoms with E-state index in [4.69, 9.17) is 14.2 Å². The van der Waals surface area contributed by atoms with Crippen LogP contribution in [0.3, 0.4) is 0 Å². The fourth-order valence-corrected chi connectivity index (χ4v) is 4.71. The number of fused-ring (bicyclic) bond motifs is 2. The molecule has 1 amide bonds. The highest BCUT2D eigenvalue weighted by atomic mass is 16.5. The molecule has 8 nitrogen and oxygen atoms in total. The third kappa shape index (κ3) is 7.41. The van der Waals surface area contributed by atoms with Gasteiger partial charge in [-0.15, -0.1) is 0 Å². The second kappa shape index (κ2) is 12.5. The quantitative estimate of drug-likeness (QED) is 0.626. The van der Waals surface area contributed by atoms with Crippen LogP contribution in [-0.2, 0) is 16.1 Å². The molecule has 3 heterocycles. The normalized spacial score (nSPS) is 19.5. The Bertz CT molecular complexity index is 991. The number of benzene rings is 1. The monoisotopic (exact) mass is 496 g/mol. The summed E-state index contributed by atoms with van der Waals surface area (Å²) in [5.74, 6) is 2.11. The topological polar surface area (TPSA) is 67.4 Å². The molecule has 0 bridgehead atoms. The molecule has 4 rings (SSSR count). The van der Waals surface area contributed by atoms with Crippen molar-refractivity contribution in [1.29, 1.82) is 0 Å². The molecule has 8 heteroatoms. The van der Waals surface area contributed by atoms with E-state index in [1.54, 1.807) is 13.3 Å². The number of hydrogen-bond acceptors (Lipinski definition) is 7. The number of carbonyl (C=O) groups excluding carboxylic acids is 1. The van der Waals surface area contributed by atoms with E-state index < -0.39 is 0 Å². The lowest BCUT2D eigenvalue weighted by Crippen LogP contribution is -2.51. The van der Waals surface area contributed by atoms with Crippen LogP contribution < -0.4 is 9.47 Å². The number of carbonyl (C=O) groups is 1. The lowest BCUT2D eigenvalue weighted by Gasteiger charge is -2.36. The Labute approximate surface area is 215 Å². The molecule has 1 aromatic heterocycles. The molecule has 0 aliphatic carbocycles. The Kier molecular flexibility index (Phi) is 9.18. The Morgan fingerprint density at radius 1 is 1.03 bits per heavy atom. The van der Waals surface area contributed by atoms with Gasteiger partial charge in [-0.05, 0) is 43.0 Å². The van der Waals surface area contributed by atoms with Crippen molar-refractivity contribution in [3.05, 3.63) is 48.2 Å². The van der Waals surface area contributed by atoms with Gasteiger partial charge in [0.2, 0.25) is 11.8 Å². The zero-order chi connectivity index (χ0) is 25.4. The lowest BCUT2D eigenvalue weighted by molar-refractivity contribution is -0.134. The molecular weight excluding hydrogens is 456 g/mol. The maximum absolute atomic E-state index is 13.3. The van der Waals surface area contributed by atoms with Gasteiger partial charge in [0.25, 0.3) is 0 Å². The SMILES string of the molecule is COCCN1CCN(C(=O)CN2CCCC(C)(C)COc3ccccc3Oc3ncccc3C2)CC1. The molecule has 36 heavy (non-hydrogen) atoms. The summed E-state index contributed by atoms with van der Waals surface area (Å²) in [4.78, 5) is 24.4. The molecule has 1 aromatic carbocycles. The minimum absolute atomic E-state index is 0.000474. The highest BCUT2D eigenvalue weighted by Crippen LogP contribution is 2.34. The molecular formula is C28H40N4O4. The molecule has 0 radical (unpaired) electrons. The first kappa shape index (κ1) is 26.4. The molecule has 0 N–H and O–H groups in total. The maximum atomic E-state index is 13.3. The van der Waals surface area contributed by atoms with E-state index in [1.165, 1.54) is 0 Å². The predicted octanol–water partition coefficient (Wildman–Crippen LogP) is 3.67. The number of methoxy groups -OCH3 is 1. The van der Waals surface area contributed by atoms with Crippen LogP contribution in [0.4, 0.5) is 0 Å². The van der Waals surface area contributed by atoms with Gasteiger partial charge in [0.15, 0.2) is 11.5 Å². The summed E-state index contributed by atoms with van der Waals surface area (Å²) in [7, 11) is 1.73. The van der Waals surface area contributed by atoms with Gasteiger partial charge in [-0.1, -0.05) is 32.0 Å². The summed E-state index contributed by atoms with van der Waals surface area (Å²) >= 11 is 0. The van der Waals surface area contributed by atoms with Crippen LogP contribution in [0.25, 0.3) is 0 Å². The van der Waals surface area contributed by atoms with Gasteiger partial charge in [-0.3, -0.25) is 14.6 Å². The summed E-state index contributed by atoms with van der Waals surface area (Å²) in [6.07, 6.45) is 3.72. The molecule has 0 unspecified atom stereocenters. The fraction of sp³-hybridized carbons (Fsp3) is 0.571. The molecule has 1 fully saturated rings. The van der Waals surface area contributed by atoms with Crippen molar-refractivity contribution < 1.29 is 19.0 Å². The molecule has 2 aromatic rings. The summed E-state index contributed by atoms with van der Waals surface area (Å²) in [6, 6.07) is 11.7. The number of hydrogen-bond donors (Lipinski definition) is 0. The van der Waals surface area contributed by atoms with Crippen LogP contribution in [0.5, 0.6) is 17.4 Å². The van der Waals surface area contributed by atoms with Crippen molar-refractivity contribution >= 4 is 5.91 Å². The maximum Gasteiger partial charge on any atom is 0.236 e. The second-order valence-corrected chi connectivity index (χ2v) is 10.5. The first-order chi connectivity index (χ1) is 17.4. The van der Waals surface area contributed by atoms with Gasteiger partial charge < -0.3 is 19.1 Å². The average Bonchev–Trinajstić information content (AvgIpc) is 2.88. The number of rotatable bonds is 5. The summed E-state index contributed by atoms with van der Waals surface area (Å²) < 4.78 is 17.7. The van der Waals surface area contributed by atoms with Crippen LogP contribution in [0, 0.1) is 5.41 Å². The first-order valence-corrected chi connectivity index (χ1v) is 13.0. The summed E-state index contributed by atoms with van der Waals surface area (Å²) in [5.41, 5.74) is 0.962. The van der Waals surface area contributed by atoms with E-state index in [-0.39, 0.29) is 11.3 Å². The van der Waals surface area contributed by atoms with Crippen LogP contribution in [0.1, 0.15) is 32.3 Å². The van der Waals surface area contributed by atoms with Crippen molar-refractivity contribution in [3.63, 3.8) is 0 Å². The summed E-state index contributed by atoms with van der Waals surface area (Å²) in [6.45, 7) is 11.8. The van der Waals surface area contributed by atoms with E-state index in [9.17, 15) is 4.79 Å². The number of ether oxygens (including phenoxy) is 3. The summed E-state index contributed by atoms with van der Waals surface area (Å²) in [5, 5.41) is 0. The molecule has 2 aliphatic heterocycles. The standard InChI is InChI=1S/C28H40N4O4/c1-28(2)11-7-13-31(21-26(33)32-16-14-30(15-17-32)18-19-34-3)20-23-8-6-12-29-27(23)36-25-10-5-4-9-24(25)35-22-28/h4-6,8-10,12H,7,11,13-22H2,1-3H3. The molecule has 0 atom stereocenters. The third-order valence-electron chi connectivity index (χ3n) is 6.94. The Morgan fingerprint density at radius 2 is 1.81 bits per heavy atom. The molecule has 0 spiro atoms. The van der Waals surface area contributed by atoms with E-state index in [1.807, 2.05) is 41.3 Å². The zero-order valence-corrected chi connectivity index (χ0v) is 21.9. The minimum atomic E-state index is 0.000474. The highest BCUT2D eigenvalue weighted by molar-refractivity contribution is 5.78. The van der Waals surface area contributed by atoms with Gasteiger partial charge >= 0.3 is 0 Å². The van der Waals surface area contributed by atoms with Crippen LogP contribution in [0.15, 0.2) is 42.6 Å². The van der Waals surface area contributed by atoms with Gasteiger partial charge in [-0.2, -0.15) is 0 Å². The highest BCUT2D eigenvalue weighted by Gasteiger charge is 2.25. The van der Waals surface area contributed by atoms with Crippen LogP contribution >= 0.6 is 0 Å². The van der Waals surface area contributed by atoms with E-state index in [0.29, 0.717) is 31.3 Å². The number of pyridine rings is 1. The number of aromatic nitrogens is 1. The molecule has 1 saturated heterocycles. The smallest absolute Gasteiger partial charge is 0.236 e. The second-order valence-electron chi connectivity index (χ2n) is 10.5. The average molecular weight is 497 g/mol.